The van der Waals surface area contributed by atoms with E-state index in [4.69, 9.17) is 0 Å². The predicted octanol–water partition coefficient (Wildman–Crippen LogP) is 6.38. The van der Waals surface area contributed by atoms with Crippen LogP contribution in [0, 0.1) is 26.7 Å². The average Bonchev–Trinajstić information content (AvgIpc) is 3.49. The molecule has 1 amide bonds. The molecule has 2 aromatic rings. The normalized spacial score (nSPS) is 26.0. The first kappa shape index (κ1) is 25.9. The van der Waals surface area contributed by atoms with Crippen molar-refractivity contribution < 1.29 is 4.79 Å². The zero-order valence-electron chi connectivity index (χ0n) is 22.9. The smallest absolute Gasteiger partial charge is 0.223 e. The van der Waals surface area contributed by atoms with E-state index < -0.39 is 0 Å². The Morgan fingerprint density at radius 2 is 1.72 bits per heavy atom. The van der Waals surface area contributed by atoms with Crippen LogP contribution in [0.15, 0.2) is 5.38 Å². The summed E-state index contributed by atoms with van der Waals surface area (Å²) >= 11 is 1.83. The van der Waals surface area contributed by atoms with Crippen LogP contribution >= 0.6 is 11.3 Å². The second kappa shape index (κ2) is 10.9. The number of nitrogens with zero attached hydrogens (tertiary/aromatic N) is 4. The predicted molar refractivity (Wildman–Crippen MR) is 147 cm³/mol. The van der Waals surface area contributed by atoms with Gasteiger partial charge >= 0.3 is 0 Å². The molecule has 3 aliphatic rings. The van der Waals surface area contributed by atoms with Crippen molar-refractivity contribution in [3.8, 4) is 0 Å². The van der Waals surface area contributed by atoms with Gasteiger partial charge in [0.2, 0.25) is 5.91 Å². The van der Waals surface area contributed by atoms with Crippen LogP contribution in [0.5, 0.6) is 0 Å². The lowest BCUT2D eigenvalue weighted by Crippen LogP contribution is -2.45. The molecule has 3 fully saturated rings. The first-order valence-electron chi connectivity index (χ1n) is 14.4. The molecule has 2 aromatic heterocycles. The van der Waals surface area contributed by atoms with Crippen LogP contribution in [-0.2, 0) is 4.79 Å². The van der Waals surface area contributed by atoms with E-state index in [1.807, 2.05) is 11.3 Å². The van der Waals surface area contributed by atoms with Crippen molar-refractivity contribution in [1.29, 1.82) is 0 Å². The van der Waals surface area contributed by atoms with Crippen molar-refractivity contribution in [2.45, 2.75) is 129 Å². The number of aryl methyl sites for hydroxylation is 2. The fraction of sp³-hybridized carbons (Fsp3) is 0.759. The molecule has 1 aliphatic carbocycles. The molecule has 0 radical (unpaired) electrons. The molecule has 6 nitrogen and oxygen atoms in total. The molecular formula is C29H45N5OS. The lowest BCUT2D eigenvalue weighted by atomic mass is 9.88. The van der Waals surface area contributed by atoms with Crippen LogP contribution in [0.2, 0.25) is 0 Å². The van der Waals surface area contributed by atoms with Crippen LogP contribution in [0.4, 0.5) is 0 Å². The Bertz CT molecular complexity index is 1040. The highest BCUT2D eigenvalue weighted by molar-refractivity contribution is 7.10. The summed E-state index contributed by atoms with van der Waals surface area (Å²) in [4.78, 5) is 17.4. The zero-order valence-corrected chi connectivity index (χ0v) is 23.7. The minimum atomic E-state index is 0.128. The fourth-order valence-corrected chi connectivity index (χ4v) is 8.28. The third-order valence-corrected chi connectivity index (χ3v) is 10.6. The fourth-order valence-electron chi connectivity index (χ4n) is 7.12. The summed E-state index contributed by atoms with van der Waals surface area (Å²) in [5.74, 6) is 3.09. The topological polar surface area (TPSA) is 63.1 Å². The largest absolute Gasteiger partial charge is 0.348 e. The number of aromatic nitrogens is 3. The van der Waals surface area contributed by atoms with Gasteiger partial charge in [-0.25, -0.2) is 0 Å². The Balaban J connectivity index is 1.27. The summed E-state index contributed by atoms with van der Waals surface area (Å²) in [7, 11) is 0. The molecule has 2 saturated heterocycles. The number of hydrogen-bond acceptors (Lipinski definition) is 5. The second-order valence-electron chi connectivity index (χ2n) is 12.0. The van der Waals surface area contributed by atoms with Crippen molar-refractivity contribution in [2.24, 2.45) is 5.92 Å². The van der Waals surface area contributed by atoms with E-state index in [0.29, 0.717) is 24.0 Å². The van der Waals surface area contributed by atoms with Gasteiger partial charge in [0.25, 0.3) is 0 Å². The summed E-state index contributed by atoms with van der Waals surface area (Å²) < 4.78 is 2.44. The van der Waals surface area contributed by atoms with Gasteiger partial charge in [-0.3, -0.25) is 9.69 Å². The molecule has 5 rings (SSSR count). The SMILES string of the molecule is Cc1csc([C@H](CCN2[C@@H]3CC[C@H]2CC(n2c(C)nnc2C(C)C)C3)NC(=O)C2CCCCC2)c1C. The highest BCUT2D eigenvalue weighted by Crippen LogP contribution is 2.43. The number of thiophene rings is 1. The number of piperidine rings is 1. The van der Waals surface area contributed by atoms with E-state index in [1.165, 1.54) is 60.9 Å². The number of amides is 1. The lowest BCUT2D eigenvalue weighted by molar-refractivity contribution is -0.126. The van der Waals surface area contributed by atoms with Crippen molar-refractivity contribution in [3.63, 3.8) is 0 Å². The summed E-state index contributed by atoms with van der Waals surface area (Å²) in [6, 6.07) is 1.88. The van der Waals surface area contributed by atoms with E-state index in [0.717, 1.165) is 37.5 Å². The van der Waals surface area contributed by atoms with E-state index in [-0.39, 0.29) is 17.9 Å². The third kappa shape index (κ3) is 5.15. The molecule has 2 bridgehead atoms. The Kier molecular flexibility index (Phi) is 7.87. The van der Waals surface area contributed by atoms with Crippen molar-refractivity contribution >= 4 is 17.2 Å². The van der Waals surface area contributed by atoms with E-state index in [1.54, 1.807) is 0 Å². The van der Waals surface area contributed by atoms with E-state index in [9.17, 15) is 4.79 Å². The van der Waals surface area contributed by atoms with Crippen LogP contribution in [-0.4, -0.2) is 44.2 Å². The maximum atomic E-state index is 13.3. The molecule has 36 heavy (non-hydrogen) atoms. The molecule has 4 atom stereocenters. The van der Waals surface area contributed by atoms with Gasteiger partial charge in [-0.2, -0.15) is 0 Å². The molecular weight excluding hydrogens is 466 g/mol. The monoisotopic (exact) mass is 511 g/mol. The van der Waals surface area contributed by atoms with Gasteiger partial charge < -0.3 is 9.88 Å². The van der Waals surface area contributed by atoms with Gasteiger partial charge in [0, 0.05) is 41.4 Å². The number of fused-ring (bicyclic) bond motifs is 2. The quantitative estimate of drug-likeness (QED) is 0.446. The number of carbonyl (C=O) groups is 1. The minimum absolute atomic E-state index is 0.128. The van der Waals surface area contributed by atoms with Crippen molar-refractivity contribution in [1.82, 2.24) is 25.0 Å². The Morgan fingerprint density at radius 3 is 2.33 bits per heavy atom. The van der Waals surface area contributed by atoms with Gasteiger partial charge in [0.15, 0.2) is 0 Å². The molecule has 0 aromatic carbocycles. The van der Waals surface area contributed by atoms with Gasteiger partial charge in [-0.1, -0.05) is 33.1 Å². The van der Waals surface area contributed by atoms with E-state index in [2.05, 4.69) is 65.0 Å². The molecule has 1 saturated carbocycles. The molecule has 1 N–H and O–H groups in total. The van der Waals surface area contributed by atoms with Gasteiger partial charge in [0.1, 0.15) is 11.6 Å². The highest BCUT2D eigenvalue weighted by Gasteiger charge is 2.42. The first-order valence-corrected chi connectivity index (χ1v) is 15.2. The number of hydrogen-bond donors (Lipinski definition) is 1. The maximum Gasteiger partial charge on any atom is 0.223 e. The molecule has 1 unspecified atom stereocenters. The van der Waals surface area contributed by atoms with Crippen LogP contribution < -0.4 is 5.32 Å². The molecule has 0 spiro atoms. The molecule has 4 heterocycles. The van der Waals surface area contributed by atoms with Crippen molar-refractivity contribution in [3.05, 3.63) is 33.0 Å². The Hall–Kier alpha value is -1.73. The van der Waals surface area contributed by atoms with Crippen LogP contribution in [0.25, 0.3) is 0 Å². The maximum absolute atomic E-state index is 13.3. The molecule has 2 aliphatic heterocycles. The highest BCUT2D eigenvalue weighted by atomic mass is 32.1. The van der Waals surface area contributed by atoms with E-state index >= 15 is 0 Å². The standard InChI is InChI=1S/C29H45N5OS/c1-18(2)28-32-31-21(5)34(28)25-15-23-11-12-24(16-25)33(23)14-13-26(27-20(4)19(3)17-36-27)30-29(35)22-9-7-6-8-10-22/h17-18,22-26H,6-16H2,1-5H3,(H,30,35)/t23-,24+,25?,26-/m0/s1. The second-order valence-corrected chi connectivity index (χ2v) is 12.9. The lowest BCUT2D eigenvalue weighted by Gasteiger charge is -2.40. The Labute approximate surface area is 221 Å². The van der Waals surface area contributed by atoms with Crippen molar-refractivity contribution in [2.75, 3.05) is 6.54 Å². The Morgan fingerprint density at radius 1 is 1.03 bits per heavy atom. The first-order chi connectivity index (χ1) is 17.3. The average molecular weight is 512 g/mol. The number of carbonyl (C=O) groups excluding carboxylic acids is 1. The summed E-state index contributed by atoms with van der Waals surface area (Å²) in [6.07, 6.45) is 11.7. The van der Waals surface area contributed by atoms with Gasteiger partial charge in [0.05, 0.1) is 6.04 Å². The van der Waals surface area contributed by atoms with Gasteiger partial charge in [-0.05, 0) is 82.2 Å². The number of nitrogens with one attached hydrogen (secondary N) is 1. The minimum Gasteiger partial charge on any atom is -0.348 e. The molecule has 7 heteroatoms. The number of rotatable bonds is 8. The van der Waals surface area contributed by atoms with Crippen LogP contribution in [0.3, 0.4) is 0 Å². The summed E-state index contributed by atoms with van der Waals surface area (Å²) in [6.45, 7) is 12.0. The summed E-state index contributed by atoms with van der Waals surface area (Å²) in [5, 5.41) is 14.7. The summed E-state index contributed by atoms with van der Waals surface area (Å²) in [5.41, 5.74) is 2.71. The molecule has 198 valence electrons. The van der Waals surface area contributed by atoms with Crippen LogP contribution in [0.1, 0.15) is 124 Å². The zero-order chi connectivity index (χ0) is 25.4. The third-order valence-electron chi connectivity index (χ3n) is 9.24. The van der Waals surface area contributed by atoms with Gasteiger partial charge in [-0.15, -0.1) is 21.5 Å².